The second-order valence-electron chi connectivity index (χ2n) is 4.87. The van der Waals surface area contributed by atoms with Crippen LogP contribution in [0.4, 0.5) is 0 Å². The molecule has 2 rings (SSSR count). The van der Waals surface area contributed by atoms with Crippen molar-refractivity contribution in [3.05, 3.63) is 70.8 Å². The minimum Gasteiger partial charge on any atom is -0.380 e. The van der Waals surface area contributed by atoms with Gasteiger partial charge in [0.2, 0.25) is 5.91 Å². The minimum absolute atomic E-state index is 0.400. The highest BCUT2D eigenvalue weighted by atomic mass is 16.5. The summed E-state index contributed by atoms with van der Waals surface area (Å²) < 4.78 is 5.20. The molecule has 4 heteroatoms. The molecule has 0 unspecified atom stereocenters. The maximum atomic E-state index is 11.0. The number of nitrogens with one attached hydrogen (secondary N) is 1. The summed E-state index contributed by atoms with van der Waals surface area (Å²) in [6.45, 7) is 2.13. The fraction of sp³-hybridized carbons (Fsp3) is 0.235. The van der Waals surface area contributed by atoms with Gasteiger partial charge in [0.05, 0.1) is 6.61 Å². The number of ether oxygens (including phenoxy) is 1. The van der Waals surface area contributed by atoms with E-state index in [0.717, 1.165) is 18.7 Å². The van der Waals surface area contributed by atoms with Crippen LogP contribution in [0.5, 0.6) is 0 Å². The maximum Gasteiger partial charge on any atom is 0.248 e. The first-order valence-corrected chi connectivity index (χ1v) is 6.86. The van der Waals surface area contributed by atoms with E-state index in [9.17, 15) is 4.79 Å². The number of hydrogen-bond acceptors (Lipinski definition) is 3. The van der Waals surface area contributed by atoms with Gasteiger partial charge < -0.3 is 15.8 Å². The third-order valence-corrected chi connectivity index (χ3v) is 3.30. The molecule has 0 radical (unpaired) electrons. The zero-order valence-corrected chi connectivity index (χ0v) is 12.1. The monoisotopic (exact) mass is 284 g/mol. The van der Waals surface area contributed by atoms with Crippen molar-refractivity contribution < 1.29 is 9.53 Å². The molecule has 0 atom stereocenters. The van der Waals surface area contributed by atoms with Gasteiger partial charge in [-0.05, 0) is 28.8 Å². The molecular weight excluding hydrogens is 264 g/mol. The molecule has 0 aromatic heterocycles. The number of nitrogens with two attached hydrogens (primary N) is 1. The number of amides is 1. The summed E-state index contributed by atoms with van der Waals surface area (Å²) in [7, 11) is 1.70. The molecule has 2 aromatic carbocycles. The standard InChI is InChI=1S/C17H20N2O2/c1-21-12-16-5-3-2-4-15(16)11-19-10-13-6-8-14(9-7-13)17(18)20/h2-9,19H,10-12H2,1H3,(H2,18,20). The van der Waals surface area contributed by atoms with Gasteiger partial charge in [-0.3, -0.25) is 4.79 Å². The summed E-state index contributed by atoms with van der Waals surface area (Å²) in [5, 5.41) is 3.39. The SMILES string of the molecule is COCc1ccccc1CNCc1ccc(C(N)=O)cc1. The quantitative estimate of drug-likeness (QED) is 0.819. The molecule has 0 aliphatic rings. The lowest BCUT2D eigenvalue weighted by Gasteiger charge is -2.10. The van der Waals surface area contributed by atoms with Crippen molar-refractivity contribution in [2.75, 3.05) is 7.11 Å². The number of methoxy groups -OCH3 is 1. The number of carbonyl (C=O) groups is 1. The molecule has 4 nitrogen and oxygen atoms in total. The van der Waals surface area contributed by atoms with Crippen LogP contribution in [0.3, 0.4) is 0 Å². The van der Waals surface area contributed by atoms with Crippen LogP contribution in [0.15, 0.2) is 48.5 Å². The van der Waals surface area contributed by atoms with Crippen LogP contribution in [0.25, 0.3) is 0 Å². The van der Waals surface area contributed by atoms with Gasteiger partial charge in [0.15, 0.2) is 0 Å². The fourth-order valence-corrected chi connectivity index (χ4v) is 2.15. The topological polar surface area (TPSA) is 64.3 Å². The van der Waals surface area contributed by atoms with E-state index < -0.39 is 5.91 Å². The van der Waals surface area contributed by atoms with E-state index in [2.05, 4.69) is 17.4 Å². The Balaban J connectivity index is 1.91. The molecule has 3 N–H and O–H groups in total. The van der Waals surface area contributed by atoms with E-state index in [1.54, 1.807) is 19.2 Å². The Morgan fingerprint density at radius 3 is 2.33 bits per heavy atom. The Kier molecular flexibility index (Phi) is 5.49. The number of benzene rings is 2. The Morgan fingerprint density at radius 1 is 1.05 bits per heavy atom. The van der Waals surface area contributed by atoms with Crippen molar-refractivity contribution >= 4 is 5.91 Å². The van der Waals surface area contributed by atoms with Crippen LogP contribution >= 0.6 is 0 Å². The Morgan fingerprint density at radius 2 is 1.71 bits per heavy atom. The lowest BCUT2D eigenvalue weighted by atomic mass is 10.1. The van der Waals surface area contributed by atoms with Crippen molar-refractivity contribution in [3.63, 3.8) is 0 Å². The average molecular weight is 284 g/mol. The predicted molar refractivity (Wildman–Crippen MR) is 82.7 cm³/mol. The van der Waals surface area contributed by atoms with E-state index in [1.165, 1.54) is 11.1 Å². The first kappa shape index (κ1) is 15.2. The summed E-state index contributed by atoms with van der Waals surface area (Å²) in [5.74, 6) is -0.400. The molecule has 21 heavy (non-hydrogen) atoms. The van der Waals surface area contributed by atoms with E-state index in [0.29, 0.717) is 12.2 Å². The van der Waals surface area contributed by atoms with Gasteiger partial charge >= 0.3 is 0 Å². The van der Waals surface area contributed by atoms with Crippen LogP contribution in [-0.2, 0) is 24.4 Å². The normalized spacial score (nSPS) is 10.5. The van der Waals surface area contributed by atoms with Gasteiger partial charge in [-0.1, -0.05) is 36.4 Å². The molecule has 110 valence electrons. The second kappa shape index (κ2) is 7.57. The van der Waals surface area contributed by atoms with Crippen LogP contribution in [0, 0.1) is 0 Å². The molecule has 0 aliphatic carbocycles. The molecule has 0 saturated carbocycles. The summed E-state index contributed by atoms with van der Waals surface area (Å²) in [6.07, 6.45) is 0. The Labute approximate surface area is 124 Å². The fourth-order valence-electron chi connectivity index (χ4n) is 2.15. The van der Waals surface area contributed by atoms with Gasteiger partial charge in [-0.2, -0.15) is 0 Å². The van der Waals surface area contributed by atoms with Gasteiger partial charge in [-0.25, -0.2) is 0 Å². The highest BCUT2D eigenvalue weighted by molar-refractivity contribution is 5.92. The van der Waals surface area contributed by atoms with Crippen LogP contribution in [0.2, 0.25) is 0 Å². The third-order valence-electron chi connectivity index (χ3n) is 3.30. The number of hydrogen-bond donors (Lipinski definition) is 2. The summed E-state index contributed by atoms with van der Waals surface area (Å²) in [5.41, 5.74) is 9.29. The third kappa shape index (κ3) is 4.41. The molecule has 0 fully saturated rings. The highest BCUT2D eigenvalue weighted by Crippen LogP contribution is 2.10. The smallest absolute Gasteiger partial charge is 0.248 e. The van der Waals surface area contributed by atoms with Crippen LogP contribution in [-0.4, -0.2) is 13.0 Å². The van der Waals surface area contributed by atoms with Gasteiger partial charge in [0, 0.05) is 25.8 Å². The number of primary amides is 1. The molecule has 0 saturated heterocycles. The zero-order valence-electron chi connectivity index (χ0n) is 12.1. The summed E-state index contributed by atoms with van der Waals surface area (Å²) in [6, 6.07) is 15.5. The lowest BCUT2D eigenvalue weighted by Crippen LogP contribution is -2.15. The van der Waals surface area contributed by atoms with E-state index in [1.807, 2.05) is 24.3 Å². The predicted octanol–water partition coefficient (Wildman–Crippen LogP) is 2.22. The number of carbonyl (C=O) groups excluding carboxylic acids is 1. The van der Waals surface area contributed by atoms with Crippen molar-refractivity contribution in [1.29, 1.82) is 0 Å². The average Bonchev–Trinajstić information content (AvgIpc) is 2.50. The van der Waals surface area contributed by atoms with Crippen molar-refractivity contribution in [1.82, 2.24) is 5.32 Å². The Bertz CT molecular complexity index is 594. The molecular formula is C17H20N2O2. The maximum absolute atomic E-state index is 11.0. The van der Waals surface area contributed by atoms with Gasteiger partial charge in [-0.15, -0.1) is 0 Å². The zero-order chi connectivity index (χ0) is 15.1. The second-order valence-corrected chi connectivity index (χ2v) is 4.87. The molecule has 0 spiro atoms. The first-order valence-electron chi connectivity index (χ1n) is 6.86. The largest absolute Gasteiger partial charge is 0.380 e. The van der Waals surface area contributed by atoms with Crippen molar-refractivity contribution in [3.8, 4) is 0 Å². The van der Waals surface area contributed by atoms with Crippen molar-refractivity contribution in [2.24, 2.45) is 5.73 Å². The van der Waals surface area contributed by atoms with Gasteiger partial charge in [0.1, 0.15) is 0 Å². The molecule has 1 amide bonds. The van der Waals surface area contributed by atoms with Crippen molar-refractivity contribution in [2.45, 2.75) is 19.7 Å². The van der Waals surface area contributed by atoms with Crippen LogP contribution in [0.1, 0.15) is 27.0 Å². The first-order chi connectivity index (χ1) is 10.2. The van der Waals surface area contributed by atoms with E-state index in [4.69, 9.17) is 10.5 Å². The summed E-state index contributed by atoms with van der Waals surface area (Å²) >= 11 is 0. The highest BCUT2D eigenvalue weighted by Gasteiger charge is 2.02. The Hall–Kier alpha value is -2.17. The molecule has 0 heterocycles. The van der Waals surface area contributed by atoms with E-state index >= 15 is 0 Å². The summed E-state index contributed by atoms with van der Waals surface area (Å²) in [4.78, 5) is 11.0. The lowest BCUT2D eigenvalue weighted by molar-refractivity contribution is 0.100. The molecule has 0 aliphatic heterocycles. The molecule has 0 bridgehead atoms. The van der Waals surface area contributed by atoms with E-state index in [-0.39, 0.29) is 0 Å². The number of rotatable bonds is 7. The van der Waals surface area contributed by atoms with Crippen LogP contribution < -0.4 is 11.1 Å². The minimum atomic E-state index is -0.400. The molecule has 2 aromatic rings. The van der Waals surface area contributed by atoms with Gasteiger partial charge in [0.25, 0.3) is 0 Å².